The van der Waals surface area contributed by atoms with Crippen LogP contribution in [-0.4, -0.2) is 64.9 Å². The summed E-state index contributed by atoms with van der Waals surface area (Å²) in [6.07, 6.45) is 2.66. The Balaban J connectivity index is 1.38. The van der Waals surface area contributed by atoms with Crippen molar-refractivity contribution in [2.75, 3.05) is 53.7 Å². The molecule has 0 radical (unpaired) electrons. The Morgan fingerprint density at radius 3 is 2.65 bits per heavy atom. The summed E-state index contributed by atoms with van der Waals surface area (Å²) < 4.78 is 18.1. The van der Waals surface area contributed by atoms with Gasteiger partial charge in [0.2, 0.25) is 5.95 Å². The second-order valence-electron chi connectivity index (χ2n) is 8.80. The summed E-state index contributed by atoms with van der Waals surface area (Å²) in [5, 5.41) is 3.58. The van der Waals surface area contributed by atoms with Gasteiger partial charge >= 0.3 is 0 Å². The highest BCUT2D eigenvalue weighted by Crippen LogP contribution is 2.32. The number of rotatable bonds is 4. The number of aromatic nitrogens is 2. The molecular formula is C23H31N5O2S. The highest BCUT2D eigenvalue weighted by Gasteiger charge is 2.31. The summed E-state index contributed by atoms with van der Waals surface area (Å²) in [6.45, 7) is 8.61. The molecule has 3 aliphatic heterocycles. The minimum atomic E-state index is -1.01. The van der Waals surface area contributed by atoms with Gasteiger partial charge in [-0.25, -0.2) is 4.98 Å². The maximum Gasteiger partial charge on any atom is 0.227 e. The number of fused-ring (bicyclic) bond motifs is 1. The van der Waals surface area contributed by atoms with Gasteiger partial charge in [-0.2, -0.15) is 4.98 Å². The van der Waals surface area contributed by atoms with Crippen LogP contribution in [0.1, 0.15) is 31.0 Å². The number of hydrogen-bond acceptors (Lipinski definition) is 7. The third kappa shape index (κ3) is 4.28. The molecule has 7 nitrogen and oxygen atoms in total. The summed E-state index contributed by atoms with van der Waals surface area (Å²) in [4.78, 5) is 15.4. The van der Waals surface area contributed by atoms with Crippen molar-refractivity contribution in [3.05, 3.63) is 35.5 Å². The van der Waals surface area contributed by atoms with E-state index in [9.17, 15) is 4.21 Å². The first kappa shape index (κ1) is 20.7. The zero-order chi connectivity index (χ0) is 21.4. The third-order valence-corrected chi connectivity index (χ3v) is 7.98. The maximum atomic E-state index is 12.6. The normalized spacial score (nSPS) is 24.3. The van der Waals surface area contributed by atoms with E-state index in [2.05, 4.69) is 53.2 Å². The van der Waals surface area contributed by atoms with Crippen LogP contribution in [-0.2, 0) is 22.0 Å². The largest absolute Gasteiger partial charge is 0.381 e. The highest BCUT2D eigenvalue weighted by molar-refractivity contribution is 7.85. The van der Waals surface area contributed by atoms with Crippen molar-refractivity contribution >= 4 is 28.3 Å². The Labute approximate surface area is 186 Å². The summed E-state index contributed by atoms with van der Waals surface area (Å²) in [5.74, 6) is 2.19. The molecule has 2 fully saturated rings. The van der Waals surface area contributed by atoms with E-state index in [1.807, 2.05) is 0 Å². The minimum Gasteiger partial charge on any atom is -0.381 e. The molecule has 4 heterocycles. The first-order valence-corrected chi connectivity index (χ1v) is 12.6. The smallest absolute Gasteiger partial charge is 0.227 e. The maximum absolute atomic E-state index is 12.6. The molecule has 1 aromatic heterocycles. The molecule has 0 bridgehead atoms. The average Bonchev–Trinajstić information content (AvgIpc) is 3.16. The van der Waals surface area contributed by atoms with Crippen LogP contribution in [0.15, 0.2) is 29.2 Å². The van der Waals surface area contributed by atoms with Crippen molar-refractivity contribution in [2.45, 2.75) is 50.1 Å². The van der Waals surface area contributed by atoms with Crippen molar-refractivity contribution in [2.24, 2.45) is 0 Å². The fraction of sp³-hybridized carbons (Fsp3) is 0.565. The lowest BCUT2D eigenvalue weighted by atomic mass is 10.1. The number of nitrogens with zero attached hydrogens (tertiary/aromatic N) is 4. The molecule has 0 aliphatic carbocycles. The van der Waals surface area contributed by atoms with Crippen LogP contribution in [0.4, 0.5) is 17.5 Å². The number of anilines is 3. The molecule has 0 saturated carbocycles. The van der Waals surface area contributed by atoms with Crippen LogP contribution in [0.5, 0.6) is 0 Å². The Kier molecular flexibility index (Phi) is 5.84. The number of aryl methyl sites for hydroxylation is 2. The third-order valence-electron chi connectivity index (χ3n) is 6.52. The van der Waals surface area contributed by atoms with E-state index in [-0.39, 0.29) is 6.04 Å². The Morgan fingerprint density at radius 1 is 1.13 bits per heavy atom. The van der Waals surface area contributed by atoms with Gasteiger partial charge in [-0.15, -0.1) is 0 Å². The molecule has 166 valence electrons. The van der Waals surface area contributed by atoms with E-state index in [0.717, 1.165) is 74.5 Å². The first-order valence-electron chi connectivity index (χ1n) is 11.3. The highest BCUT2D eigenvalue weighted by atomic mass is 32.2. The van der Waals surface area contributed by atoms with Gasteiger partial charge in [-0.1, -0.05) is 17.7 Å². The van der Waals surface area contributed by atoms with Crippen molar-refractivity contribution in [1.29, 1.82) is 0 Å². The molecule has 8 heteroatoms. The number of ether oxygens (including phenoxy) is 1. The van der Waals surface area contributed by atoms with Crippen LogP contribution in [0, 0.1) is 6.92 Å². The lowest BCUT2D eigenvalue weighted by Crippen LogP contribution is -2.52. The Morgan fingerprint density at radius 2 is 1.90 bits per heavy atom. The molecule has 0 amide bonds. The van der Waals surface area contributed by atoms with Crippen molar-refractivity contribution < 1.29 is 8.95 Å². The van der Waals surface area contributed by atoms with Crippen molar-refractivity contribution in [3.63, 3.8) is 0 Å². The van der Waals surface area contributed by atoms with Gasteiger partial charge in [0.05, 0.1) is 16.5 Å². The van der Waals surface area contributed by atoms with Gasteiger partial charge in [0.15, 0.2) is 0 Å². The van der Waals surface area contributed by atoms with E-state index in [1.165, 1.54) is 11.3 Å². The lowest BCUT2D eigenvalue weighted by Gasteiger charge is -2.41. The van der Waals surface area contributed by atoms with E-state index in [4.69, 9.17) is 14.7 Å². The van der Waals surface area contributed by atoms with Gasteiger partial charge in [0, 0.05) is 62.8 Å². The monoisotopic (exact) mass is 441 g/mol. The molecule has 1 unspecified atom stereocenters. The zero-order valence-corrected chi connectivity index (χ0v) is 19.2. The Hall–Kier alpha value is -2.19. The molecule has 3 aliphatic rings. The van der Waals surface area contributed by atoms with Crippen LogP contribution in [0.3, 0.4) is 0 Å². The molecule has 2 aromatic rings. The van der Waals surface area contributed by atoms with Crippen LogP contribution in [0.2, 0.25) is 0 Å². The molecule has 31 heavy (non-hydrogen) atoms. The molecule has 1 N–H and O–H groups in total. The predicted octanol–water partition coefficient (Wildman–Crippen LogP) is 2.75. The molecular weight excluding hydrogens is 410 g/mol. The van der Waals surface area contributed by atoms with Gasteiger partial charge in [0.25, 0.3) is 0 Å². The fourth-order valence-corrected chi connectivity index (χ4v) is 6.00. The number of hydrogen-bond donors (Lipinski definition) is 1. The van der Waals surface area contributed by atoms with E-state index >= 15 is 0 Å². The SMILES string of the molecule is Cc1ccc(N2CCN(c3nc4c(c(NC5CCOCC5)n3)S(=O)CC4)[C@@H](C)C2)cc1. The van der Waals surface area contributed by atoms with Gasteiger partial charge < -0.3 is 19.9 Å². The fourth-order valence-electron chi connectivity index (χ4n) is 4.69. The van der Waals surface area contributed by atoms with Crippen LogP contribution >= 0.6 is 0 Å². The minimum absolute atomic E-state index is 0.288. The quantitative estimate of drug-likeness (QED) is 0.782. The second kappa shape index (κ2) is 8.74. The summed E-state index contributed by atoms with van der Waals surface area (Å²) in [6, 6.07) is 9.35. The topological polar surface area (TPSA) is 70.6 Å². The molecule has 1 aromatic carbocycles. The molecule has 2 saturated heterocycles. The van der Waals surface area contributed by atoms with E-state index in [1.54, 1.807) is 0 Å². The van der Waals surface area contributed by atoms with Crippen molar-refractivity contribution in [3.8, 4) is 0 Å². The average molecular weight is 442 g/mol. The van der Waals surface area contributed by atoms with Crippen molar-refractivity contribution in [1.82, 2.24) is 9.97 Å². The Bertz CT molecular complexity index is 961. The molecule has 0 spiro atoms. The van der Waals surface area contributed by atoms with Crippen LogP contribution < -0.4 is 15.1 Å². The first-order chi connectivity index (χ1) is 15.1. The van der Waals surface area contributed by atoms with Gasteiger partial charge in [-0.05, 0) is 38.8 Å². The number of nitrogens with one attached hydrogen (secondary N) is 1. The van der Waals surface area contributed by atoms with Gasteiger partial charge in [0.1, 0.15) is 10.7 Å². The standard InChI is InChI=1S/C23H31N5O2S/c1-16-3-5-19(6-4-16)27-10-11-28(17(2)15-27)23-25-20-9-14-31(29)21(20)22(26-23)24-18-7-12-30-13-8-18/h3-6,17-18H,7-15H2,1-2H3,(H,24,25,26)/t17-,31?/m0/s1. The predicted molar refractivity (Wildman–Crippen MR) is 125 cm³/mol. The number of piperazine rings is 1. The molecule has 2 atom stereocenters. The summed E-state index contributed by atoms with van der Waals surface area (Å²) in [7, 11) is -1.01. The van der Waals surface area contributed by atoms with E-state index in [0.29, 0.717) is 11.8 Å². The van der Waals surface area contributed by atoms with Gasteiger partial charge in [-0.3, -0.25) is 4.21 Å². The zero-order valence-electron chi connectivity index (χ0n) is 18.3. The molecule has 5 rings (SSSR count). The lowest BCUT2D eigenvalue weighted by molar-refractivity contribution is 0.0903. The van der Waals surface area contributed by atoms with E-state index < -0.39 is 10.8 Å². The summed E-state index contributed by atoms with van der Waals surface area (Å²) >= 11 is 0. The second-order valence-corrected chi connectivity index (χ2v) is 10.3. The summed E-state index contributed by atoms with van der Waals surface area (Å²) in [5.41, 5.74) is 3.50. The van der Waals surface area contributed by atoms with Crippen LogP contribution in [0.25, 0.3) is 0 Å². The number of benzene rings is 1.